The fraction of sp³-hybridized carbons (Fsp3) is 0.615. The van der Waals surface area contributed by atoms with Gasteiger partial charge in [-0.3, -0.25) is 9.69 Å². The molecule has 0 spiro atoms. The molecule has 0 aromatic carbocycles. The van der Waals surface area contributed by atoms with Crippen LogP contribution in [0.1, 0.15) is 12.8 Å². The number of amides is 1. The molecule has 7 heteroatoms. The van der Waals surface area contributed by atoms with E-state index in [1.807, 2.05) is 6.07 Å². The quantitative estimate of drug-likeness (QED) is 0.807. The van der Waals surface area contributed by atoms with Gasteiger partial charge in [0.15, 0.2) is 0 Å². The van der Waals surface area contributed by atoms with Crippen LogP contribution in [0.3, 0.4) is 0 Å². The summed E-state index contributed by atoms with van der Waals surface area (Å²) in [5, 5.41) is 0. The molecule has 20 heavy (non-hydrogen) atoms. The fourth-order valence-electron chi connectivity index (χ4n) is 2.54. The van der Waals surface area contributed by atoms with Crippen LogP contribution in [0.2, 0.25) is 0 Å². The highest BCUT2D eigenvalue weighted by molar-refractivity contribution is 5.94. The van der Waals surface area contributed by atoms with E-state index in [1.165, 1.54) is 0 Å². The van der Waals surface area contributed by atoms with Crippen LogP contribution in [0.4, 0.5) is 11.8 Å². The Morgan fingerprint density at radius 3 is 2.55 bits per heavy atom. The predicted molar refractivity (Wildman–Crippen MR) is 80.6 cm³/mol. The first-order valence-electron chi connectivity index (χ1n) is 6.81. The highest BCUT2D eigenvalue weighted by atomic mass is 35.5. The number of carbonyl (C=O) groups is 1. The molecule has 0 aliphatic carbocycles. The van der Waals surface area contributed by atoms with E-state index in [0.29, 0.717) is 6.42 Å². The first-order chi connectivity index (χ1) is 9.24. The van der Waals surface area contributed by atoms with E-state index in [0.717, 1.165) is 50.9 Å². The van der Waals surface area contributed by atoms with Gasteiger partial charge in [0.05, 0.1) is 0 Å². The molecular weight excluding hydrogens is 278 g/mol. The summed E-state index contributed by atoms with van der Waals surface area (Å²) in [5.41, 5.74) is 0. The molecule has 1 aromatic rings. The SMILES string of the molecule is CN1CCN(c2nccc(N3CCCC3=O)n2)CC1.Cl. The minimum Gasteiger partial charge on any atom is -0.338 e. The lowest BCUT2D eigenvalue weighted by molar-refractivity contribution is -0.117. The maximum atomic E-state index is 11.8. The molecule has 3 heterocycles. The first-order valence-corrected chi connectivity index (χ1v) is 6.81. The van der Waals surface area contributed by atoms with Crippen LogP contribution in [0.15, 0.2) is 12.3 Å². The van der Waals surface area contributed by atoms with E-state index in [2.05, 4.69) is 26.8 Å². The van der Waals surface area contributed by atoms with Crippen LogP contribution in [-0.4, -0.2) is 60.5 Å². The largest absolute Gasteiger partial charge is 0.338 e. The lowest BCUT2D eigenvalue weighted by atomic mass is 10.3. The summed E-state index contributed by atoms with van der Waals surface area (Å²) in [6.07, 6.45) is 3.31. The maximum Gasteiger partial charge on any atom is 0.228 e. The zero-order valence-electron chi connectivity index (χ0n) is 11.7. The molecule has 0 saturated carbocycles. The fourth-order valence-corrected chi connectivity index (χ4v) is 2.54. The Morgan fingerprint density at radius 2 is 1.90 bits per heavy atom. The number of halogens is 1. The number of piperazine rings is 1. The molecule has 6 nitrogen and oxygen atoms in total. The van der Waals surface area contributed by atoms with E-state index < -0.39 is 0 Å². The third kappa shape index (κ3) is 3.02. The molecule has 0 atom stereocenters. The lowest BCUT2D eigenvalue weighted by Crippen LogP contribution is -2.45. The molecule has 110 valence electrons. The van der Waals surface area contributed by atoms with Gasteiger partial charge in [-0.25, -0.2) is 4.98 Å². The summed E-state index contributed by atoms with van der Waals surface area (Å²) in [6, 6.07) is 1.82. The van der Waals surface area contributed by atoms with Crippen molar-refractivity contribution in [3.05, 3.63) is 12.3 Å². The zero-order chi connectivity index (χ0) is 13.2. The number of hydrogen-bond donors (Lipinski definition) is 0. The highest BCUT2D eigenvalue weighted by Gasteiger charge is 2.24. The molecule has 1 amide bonds. The molecule has 3 rings (SSSR count). The van der Waals surface area contributed by atoms with Gasteiger partial charge in [-0.05, 0) is 19.5 Å². The van der Waals surface area contributed by atoms with Crippen LogP contribution in [0.5, 0.6) is 0 Å². The van der Waals surface area contributed by atoms with Gasteiger partial charge >= 0.3 is 0 Å². The zero-order valence-corrected chi connectivity index (χ0v) is 12.5. The molecular formula is C13H20ClN5O. The monoisotopic (exact) mass is 297 g/mol. The third-order valence-corrected chi connectivity index (χ3v) is 3.76. The minimum absolute atomic E-state index is 0. The summed E-state index contributed by atoms with van der Waals surface area (Å²) in [5.74, 6) is 1.65. The number of likely N-dealkylation sites (N-methyl/N-ethyl adjacent to an activating group) is 1. The Bertz CT molecular complexity index is 476. The molecule has 2 aliphatic rings. The van der Waals surface area contributed by atoms with Crippen molar-refractivity contribution in [2.24, 2.45) is 0 Å². The average Bonchev–Trinajstić information content (AvgIpc) is 2.86. The second-order valence-electron chi connectivity index (χ2n) is 5.15. The lowest BCUT2D eigenvalue weighted by Gasteiger charge is -2.32. The molecule has 1 aromatic heterocycles. The number of rotatable bonds is 2. The first kappa shape index (κ1) is 15.0. The van der Waals surface area contributed by atoms with Crippen LogP contribution in [-0.2, 0) is 4.79 Å². The van der Waals surface area contributed by atoms with Gasteiger partial charge in [-0.15, -0.1) is 12.4 Å². The van der Waals surface area contributed by atoms with Crippen LogP contribution in [0.25, 0.3) is 0 Å². The van der Waals surface area contributed by atoms with Crippen molar-refractivity contribution in [3.8, 4) is 0 Å². The molecule has 2 aliphatic heterocycles. The van der Waals surface area contributed by atoms with Crippen molar-refractivity contribution < 1.29 is 4.79 Å². The van der Waals surface area contributed by atoms with Gasteiger partial charge in [-0.1, -0.05) is 0 Å². The summed E-state index contributed by atoms with van der Waals surface area (Å²) in [6.45, 7) is 4.70. The van der Waals surface area contributed by atoms with Crippen molar-refractivity contribution in [2.45, 2.75) is 12.8 Å². The summed E-state index contributed by atoms with van der Waals surface area (Å²) < 4.78 is 0. The number of anilines is 2. The van der Waals surface area contributed by atoms with Crippen LogP contribution < -0.4 is 9.80 Å². The second kappa shape index (κ2) is 6.37. The van der Waals surface area contributed by atoms with Crippen LogP contribution >= 0.6 is 12.4 Å². The van der Waals surface area contributed by atoms with Crippen molar-refractivity contribution >= 4 is 30.1 Å². The second-order valence-corrected chi connectivity index (χ2v) is 5.15. The molecule has 2 fully saturated rings. The number of aromatic nitrogens is 2. The maximum absolute atomic E-state index is 11.8. The number of carbonyl (C=O) groups excluding carboxylic acids is 1. The van der Waals surface area contributed by atoms with E-state index in [4.69, 9.17) is 0 Å². The van der Waals surface area contributed by atoms with Crippen molar-refractivity contribution in [2.75, 3.05) is 49.6 Å². The average molecular weight is 298 g/mol. The van der Waals surface area contributed by atoms with Crippen molar-refractivity contribution in [1.82, 2.24) is 14.9 Å². The van der Waals surface area contributed by atoms with Gasteiger partial charge < -0.3 is 9.80 Å². The number of nitrogens with zero attached hydrogens (tertiary/aromatic N) is 5. The smallest absolute Gasteiger partial charge is 0.228 e. The van der Waals surface area contributed by atoms with Gasteiger partial charge in [0.2, 0.25) is 11.9 Å². The predicted octanol–water partition coefficient (Wildman–Crippen LogP) is 0.777. The normalized spacial score (nSPS) is 20.1. The molecule has 0 bridgehead atoms. The molecule has 0 radical (unpaired) electrons. The van der Waals surface area contributed by atoms with E-state index in [-0.39, 0.29) is 18.3 Å². The van der Waals surface area contributed by atoms with Gasteiger partial charge in [0, 0.05) is 45.3 Å². The Balaban J connectivity index is 0.00000147. The summed E-state index contributed by atoms with van der Waals surface area (Å²) >= 11 is 0. The number of hydrogen-bond acceptors (Lipinski definition) is 5. The van der Waals surface area contributed by atoms with Crippen molar-refractivity contribution in [3.63, 3.8) is 0 Å². The Morgan fingerprint density at radius 1 is 1.15 bits per heavy atom. The Labute approximate surface area is 125 Å². The third-order valence-electron chi connectivity index (χ3n) is 3.76. The topological polar surface area (TPSA) is 52.6 Å². The van der Waals surface area contributed by atoms with E-state index >= 15 is 0 Å². The minimum atomic E-state index is 0. The standard InChI is InChI=1S/C13H19N5O.ClH/c1-16-7-9-17(10-8-16)13-14-5-4-11(15-13)18-6-2-3-12(18)19;/h4-5H,2-3,6-10H2,1H3;1H. The Kier molecular flexibility index (Phi) is 4.77. The Hall–Kier alpha value is -1.40. The van der Waals surface area contributed by atoms with Crippen molar-refractivity contribution in [1.29, 1.82) is 0 Å². The molecule has 2 saturated heterocycles. The van der Waals surface area contributed by atoms with Gasteiger partial charge in [0.1, 0.15) is 5.82 Å². The van der Waals surface area contributed by atoms with Gasteiger partial charge in [0.25, 0.3) is 0 Å². The highest BCUT2D eigenvalue weighted by Crippen LogP contribution is 2.21. The molecule has 0 N–H and O–H groups in total. The summed E-state index contributed by atoms with van der Waals surface area (Å²) in [4.78, 5) is 26.9. The van der Waals surface area contributed by atoms with E-state index in [9.17, 15) is 4.79 Å². The van der Waals surface area contributed by atoms with Crippen LogP contribution in [0, 0.1) is 0 Å². The summed E-state index contributed by atoms with van der Waals surface area (Å²) in [7, 11) is 2.12. The van der Waals surface area contributed by atoms with E-state index in [1.54, 1.807) is 11.1 Å². The molecule has 0 unspecified atom stereocenters. The van der Waals surface area contributed by atoms with Gasteiger partial charge in [-0.2, -0.15) is 4.98 Å².